The molecule has 1 aromatic carbocycles. The minimum absolute atomic E-state index is 0.215. The van der Waals surface area contributed by atoms with E-state index in [1.165, 1.54) is 10.6 Å². The molecule has 1 saturated heterocycles. The summed E-state index contributed by atoms with van der Waals surface area (Å²) in [6.07, 6.45) is 0. The predicted octanol–water partition coefficient (Wildman–Crippen LogP) is 2.46. The van der Waals surface area contributed by atoms with Gasteiger partial charge in [0.2, 0.25) is 5.78 Å². The second-order valence-corrected chi connectivity index (χ2v) is 8.77. The van der Waals surface area contributed by atoms with E-state index in [1.807, 2.05) is 44.4 Å². The molecule has 1 aliphatic rings. The smallest absolute Gasteiger partial charge is 0.218 e. The van der Waals surface area contributed by atoms with Crippen molar-refractivity contribution in [1.82, 2.24) is 9.55 Å². The van der Waals surface area contributed by atoms with Crippen LogP contribution in [0, 0.1) is 20.8 Å². The first-order chi connectivity index (χ1) is 14.5. The number of aromatic nitrogens is 2. The van der Waals surface area contributed by atoms with Crippen LogP contribution in [0.2, 0.25) is 0 Å². The van der Waals surface area contributed by atoms with E-state index in [4.69, 9.17) is 4.74 Å². The van der Waals surface area contributed by atoms with Crippen LogP contribution in [0.5, 0.6) is 5.75 Å². The minimum Gasteiger partial charge on any atom is -0.497 e. The van der Waals surface area contributed by atoms with Crippen LogP contribution in [-0.4, -0.2) is 55.2 Å². The summed E-state index contributed by atoms with van der Waals surface area (Å²) in [5.41, 5.74) is 5.06. The maximum atomic E-state index is 13.1. The number of hydrogen-bond acceptors (Lipinski definition) is 5. The van der Waals surface area contributed by atoms with Gasteiger partial charge in [-0.05, 0) is 39.0 Å². The lowest BCUT2D eigenvalue weighted by Gasteiger charge is -2.33. The molecule has 3 aromatic rings. The Labute approximate surface area is 181 Å². The summed E-state index contributed by atoms with van der Waals surface area (Å²) in [7, 11) is 1.69. The molecule has 2 aromatic heterocycles. The van der Waals surface area contributed by atoms with E-state index >= 15 is 0 Å². The normalized spacial score (nSPS) is 14.9. The van der Waals surface area contributed by atoms with Crippen molar-refractivity contribution in [2.45, 2.75) is 20.8 Å². The van der Waals surface area contributed by atoms with Gasteiger partial charge in [0, 0.05) is 34.1 Å². The number of piperazine rings is 1. The van der Waals surface area contributed by atoms with Crippen LogP contribution in [0.15, 0.2) is 35.7 Å². The molecule has 0 radical (unpaired) electrons. The average Bonchev–Trinajstić information content (AvgIpc) is 3.30. The van der Waals surface area contributed by atoms with Crippen molar-refractivity contribution >= 4 is 22.8 Å². The SMILES string of the molecule is COc1cccc(N2CC[NH+](CC(=O)c3cc(C)n(-c4nc(C)cs4)c3C)CC2)c1. The molecule has 0 aliphatic carbocycles. The summed E-state index contributed by atoms with van der Waals surface area (Å²) in [5.74, 6) is 1.09. The first-order valence-electron chi connectivity index (χ1n) is 10.3. The lowest BCUT2D eigenvalue weighted by atomic mass is 10.1. The van der Waals surface area contributed by atoms with Crippen molar-refractivity contribution in [3.8, 4) is 10.9 Å². The molecule has 0 amide bonds. The number of hydrogen-bond donors (Lipinski definition) is 1. The number of aryl methyl sites for hydroxylation is 2. The third-order valence-electron chi connectivity index (χ3n) is 5.83. The van der Waals surface area contributed by atoms with Crippen LogP contribution in [0.4, 0.5) is 5.69 Å². The molecule has 0 saturated carbocycles. The minimum atomic E-state index is 0.215. The van der Waals surface area contributed by atoms with Crippen molar-refractivity contribution in [1.29, 1.82) is 0 Å². The fraction of sp³-hybridized carbons (Fsp3) is 0.391. The van der Waals surface area contributed by atoms with Gasteiger partial charge in [-0.25, -0.2) is 4.98 Å². The third-order valence-corrected chi connectivity index (χ3v) is 6.77. The summed E-state index contributed by atoms with van der Waals surface area (Å²) in [6, 6.07) is 10.2. The van der Waals surface area contributed by atoms with Crippen LogP contribution < -0.4 is 14.5 Å². The van der Waals surface area contributed by atoms with E-state index < -0.39 is 0 Å². The zero-order valence-corrected chi connectivity index (χ0v) is 18.9. The van der Waals surface area contributed by atoms with E-state index in [-0.39, 0.29) is 5.78 Å². The van der Waals surface area contributed by atoms with Gasteiger partial charge in [0.15, 0.2) is 5.13 Å². The molecule has 0 spiro atoms. The molecule has 3 heterocycles. The molecule has 1 fully saturated rings. The highest BCUT2D eigenvalue weighted by molar-refractivity contribution is 7.12. The Kier molecular flexibility index (Phi) is 5.92. The maximum absolute atomic E-state index is 13.1. The molecule has 1 aliphatic heterocycles. The fourth-order valence-corrected chi connectivity index (χ4v) is 5.08. The first-order valence-corrected chi connectivity index (χ1v) is 11.2. The summed E-state index contributed by atoms with van der Waals surface area (Å²) >= 11 is 1.61. The number of rotatable bonds is 6. The van der Waals surface area contributed by atoms with Crippen LogP contribution in [-0.2, 0) is 0 Å². The fourth-order valence-electron chi connectivity index (χ4n) is 4.17. The molecular formula is C23H29N4O2S+. The highest BCUT2D eigenvalue weighted by Gasteiger charge is 2.25. The lowest BCUT2D eigenvalue weighted by molar-refractivity contribution is -0.892. The number of ether oxygens (including phenoxy) is 1. The lowest BCUT2D eigenvalue weighted by Crippen LogP contribution is -3.15. The van der Waals surface area contributed by atoms with E-state index in [0.717, 1.165) is 59.7 Å². The molecule has 7 heteroatoms. The third kappa shape index (κ3) is 4.13. The van der Waals surface area contributed by atoms with Crippen molar-refractivity contribution in [2.24, 2.45) is 0 Å². The molecule has 1 N–H and O–H groups in total. The van der Waals surface area contributed by atoms with E-state index in [2.05, 4.69) is 26.6 Å². The highest BCUT2D eigenvalue weighted by Crippen LogP contribution is 2.24. The molecule has 6 nitrogen and oxygen atoms in total. The van der Waals surface area contributed by atoms with E-state index in [0.29, 0.717) is 6.54 Å². The Hall–Kier alpha value is -2.64. The number of quaternary nitrogens is 1. The topological polar surface area (TPSA) is 51.8 Å². The predicted molar refractivity (Wildman–Crippen MR) is 121 cm³/mol. The largest absolute Gasteiger partial charge is 0.497 e. The number of anilines is 1. The maximum Gasteiger partial charge on any atom is 0.218 e. The number of nitrogens with one attached hydrogen (secondary N) is 1. The number of nitrogens with zero attached hydrogens (tertiary/aromatic N) is 3. The van der Waals surface area contributed by atoms with Crippen LogP contribution in [0.1, 0.15) is 27.4 Å². The van der Waals surface area contributed by atoms with Crippen molar-refractivity contribution < 1.29 is 14.4 Å². The standard InChI is InChI=1S/C23H28N4O2S/c1-16-15-30-23(24-16)27-17(2)12-21(18(27)3)22(28)14-25-8-10-26(11-9-25)19-6-5-7-20(13-19)29-4/h5-7,12-13,15H,8-11,14H2,1-4H3/p+1. The Morgan fingerprint density at radius 1 is 1.20 bits per heavy atom. The van der Waals surface area contributed by atoms with Gasteiger partial charge >= 0.3 is 0 Å². The van der Waals surface area contributed by atoms with Crippen molar-refractivity contribution in [2.75, 3.05) is 44.7 Å². The number of benzene rings is 1. The van der Waals surface area contributed by atoms with Gasteiger partial charge in [-0.2, -0.15) is 0 Å². The monoisotopic (exact) mass is 425 g/mol. The molecule has 0 bridgehead atoms. The Bertz CT molecular complexity index is 1050. The van der Waals surface area contributed by atoms with Crippen LogP contribution in [0.3, 0.4) is 0 Å². The van der Waals surface area contributed by atoms with Gasteiger partial charge in [0.1, 0.15) is 12.3 Å². The zero-order chi connectivity index (χ0) is 21.3. The molecule has 0 atom stereocenters. The number of Topliss-reactive ketones (excluding diaryl/α,β-unsaturated/α-hetero) is 1. The summed E-state index contributed by atoms with van der Waals surface area (Å²) in [4.78, 5) is 21.4. The Balaban J connectivity index is 1.41. The second-order valence-electron chi connectivity index (χ2n) is 7.93. The van der Waals surface area contributed by atoms with E-state index in [1.54, 1.807) is 18.4 Å². The quantitative estimate of drug-likeness (QED) is 0.617. The summed E-state index contributed by atoms with van der Waals surface area (Å²) < 4.78 is 7.44. The van der Waals surface area contributed by atoms with Gasteiger partial charge in [-0.15, -0.1) is 11.3 Å². The Morgan fingerprint density at radius 3 is 2.63 bits per heavy atom. The zero-order valence-electron chi connectivity index (χ0n) is 18.1. The van der Waals surface area contributed by atoms with Gasteiger partial charge in [0.25, 0.3) is 0 Å². The van der Waals surface area contributed by atoms with Crippen molar-refractivity contribution in [3.63, 3.8) is 0 Å². The number of ketones is 1. The molecule has 158 valence electrons. The van der Waals surface area contributed by atoms with Crippen LogP contribution >= 0.6 is 11.3 Å². The van der Waals surface area contributed by atoms with Crippen molar-refractivity contribution in [3.05, 3.63) is 58.4 Å². The number of methoxy groups -OCH3 is 1. The first kappa shape index (κ1) is 20.6. The highest BCUT2D eigenvalue weighted by atomic mass is 32.1. The number of thiazole rings is 1. The second kappa shape index (κ2) is 8.62. The Morgan fingerprint density at radius 2 is 1.97 bits per heavy atom. The van der Waals surface area contributed by atoms with Gasteiger partial charge < -0.3 is 14.5 Å². The average molecular weight is 426 g/mol. The van der Waals surface area contributed by atoms with Gasteiger partial charge in [-0.1, -0.05) is 6.07 Å². The van der Waals surface area contributed by atoms with E-state index in [9.17, 15) is 4.79 Å². The van der Waals surface area contributed by atoms with Gasteiger partial charge in [0.05, 0.1) is 39.0 Å². The van der Waals surface area contributed by atoms with Crippen LogP contribution in [0.25, 0.3) is 5.13 Å². The molecule has 0 unspecified atom stereocenters. The van der Waals surface area contributed by atoms with Gasteiger partial charge in [-0.3, -0.25) is 9.36 Å². The molecule has 30 heavy (non-hydrogen) atoms. The molecule has 4 rings (SSSR count). The number of carbonyl (C=O) groups is 1. The summed E-state index contributed by atoms with van der Waals surface area (Å²) in [6.45, 7) is 10.4. The number of carbonyl (C=O) groups excluding carboxylic acids is 1. The molecular weight excluding hydrogens is 396 g/mol. The summed E-state index contributed by atoms with van der Waals surface area (Å²) in [5, 5.41) is 2.97.